The third kappa shape index (κ3) is 6.48. The van der Waals surface area contributed by atoms with Gasteiger partial charge in [0.25, 0.3) is 16.0 Å². The second-order valence-corrected chi connectivity index (χ2v) is 7.68. The van der Waals surface area contributed by atoms with Gasteiger partial charge in [-0.15, -0.1) is 0 Å². The van der Waals surface area contributed by atoms with Crippen molar-refractivity contribution in [1.82, 2.24) is 10.2 Å². The van der Waals surface area contributed by atoms with Crippen LogP contribution < -0.4 is 10.6 Å². The Bertz CT molecular complexity index is 930. The Hall–Kier alpha value is -3.10. The van der Waals surface area contributed by atoms with Gasteiger partial charge in [0, 0.05) is 31.0 Å². The number of nitrogens with zero attached hydrogens (tertiary/aromatic N) is 2. The number of nitrogens with one attached hydrogen (secondary N) is 2. The normalized spacial score (nSPS) is 15.3. The molecule has 3 N–H and O–H groups in total. The van der Waals surface area contributed by atoms with Crippen LogP contribution in [0.3, 0.4) is 0 Å². The molecule has 1 aliphatic rings. The van der Waals surface area contributed by atoms with Gasteiger partial charge in [0.2, 0.25) is 0 Å². The average molecular weight is 422 g/mol. The van der Waals surface area contributed by atoms with Crippen molar-refractivity contribution in [2.24, 2.45) is 0 Å². The predicted molar refractivity (Wildman–Crippen MR) is 103 cm³/mol. The topological polar surface area (TPSA) is 149 Å². The van der Waals surface area contributed by atoms with E-state index in [1.165, 1.54) is 24.4 Å². The number of carbonyl (C=O) groups is 2. The summed E-state index contributed by atoms with van der Waals surface area (Å²) in [5.74, 6) is -0.726. The zero-order chi connectivity index (χ0) is 21.4. The molecule has 156 valence electrons. The largest absolute Gasteiger partial charge is 0.450 e. The Labute approximate surface area is 168 Å². The molecule has 0 bridgehead atoms. The van der Waals surface area contributed by atoms with Crippen LogP contribution >= 0.6 is 0 Å². The lowest BCUT2D eigenvalue weighted by Crippen LogP contribution is -2.44. The zero-order valence-corrected chi connectivity index (χ0v) is 16.6. The molecule has 1 fully saturated rings. The van der Waals surface area contributed by atoms with Crippen molar-refractivity contribution in [3.63, 3.8) is 0 Å². The van der Waals surface area contributed by atoms with E-state index in [1.54, 1.807) is 17.9 Å². The highest BCUT2D eigenvalue weighted by Gasteiger charge is 2.23. The highest BCUT2D eigenvalue weighted by atomic mass is 32.2. The number of amides is 2. The van der Waals surface area contributed by atoms with E-state index in [0.29, 0.717) is 32.5 Å². The summed E-state index contributed by atoms with van der Waals surface area (Å²) >= 11 is 0. The van der Waals surface area contributed by atoms with Gasteiger partial charge in [-0.05, 0) is 38.0 Å². The summed E-state index contributed by atoms with van der Waals surface area (Å²) in [7, 11) is -4.41. The molecular weight excluding hydrogens is 400 g/mol. The number of rotatable bonds is 6. The molecule has 10 nitrogen and oxygen atoms in total. The highest BCUT2D eigenvalue weighted by molar-refractivity contribution is 7.85. The smallest absolute Gasteiger partial charge is 0.409 e. The standard InChI is InChI=1S/C18H22N4O6S/c1-2-28-18(24)22-8-6-14(7-9-22)20-12-13(11-19)17(23)21-15-4-3-5-16(10-15)29(25,26)27/h3-5,10,12,14,20H,2,6-9H2,1H3,(H,21,23)(H,25,26,27)/b13-12-. The van der Waals surface area contributed by atoms with Crippen molar-refractivity contribution in [2.75, 3.05) is 25.0 Å². The van der Waals surface area contributed by atoms with Gasteiger partial charge < -0.3 is 20.3 Å². The molecule has 1 aromatic carbocycles. The summed E-state index contributed by atoms with van der Waals surface area (Å²) in [6.07, 6.45) is 2.20. The number of hydrogen-bond donors (Lipinski definition) is 3. The SMILES string of the molecule is CCOC(=O)N1CCC(N/C=C(/C#N)C(=O)Nc2cccc(S(=O)(=O)O)c2)CC1. The van der Waals surface area contributed by atoms with Crippen molar-refractivity contribution in [1.29, 1.82) is 5.26 Å². The quantitative estimate of drug-likeness (QED) is 0.355. The number of ether oxygens (including phenoxy) is 1. The summed E-state index contributed by atoms with van der Waals surface area (Å²) in [6.45, 7) is 3.06. The van der Waals surface area contributed by atoms with Crippen LogP contribution in [0.2, 0.25) is 0 Å². The van der Waals surface area contributed by atoms with Gasteiger partial charge >= 0.3 is 6.09 Å². The summed E-state index contributed by atoms with van der Waals surface area (Å²) in [6, 6.07) is 6.81. The Morgan fingerprint density at radius 1 is 1.38 bits per heavy atom. The van der Waals surface area contributed by atoms with Crippen molar-refractivity contribution < 1.29 is 27.3 Å². The maximum atomic E-state index is 12.3. The first-order valence-corrected chi connectivity index (χ1v) is 10.4. The van der Waals surface area contributed by atoms with E-state index in [0.717, 1.165) is 6.07 Å². The molecule has 2 amide bonds. The van der Waals surface area contributed by atoms with Crippen LogP contribution in [0, 0.1) is 11.3 Å². The van der Waals surface area contributed by atoms with Gasteiger partial charge in [-0.2, -0.15) is 13.7 Å². The zero-order valence-electron chi connectivity index (χ0n) is 15.8. The highest BCUT2D eigenvalue weighted by Crippen LogP contribution is 2.16. The predicted octanol–water partition coefficient (Wildman–Crippen LogP) is 1.49. The third-order valence-corrected chi connectivity index (χ3v) is 5.09. The number of carbonyl (C=O) groups excluding carboxylic acids is 2. The lowest BCUT2D eigenvalue weighted by molar-refractivity contribution is -0.112. The Balaban J connectivity index is 1.94. The van der Waals surface area contributed by atoms with E-state index in [9.17, 15) is 23.3 Å². The molecule has 0 unspecified atom stereocenters. The Morgan fingerprint density at radius 2 is 2.07 bits per heavy atom. The van der Waals surface area contributed by atoms with E-state index in [-0.39, 0.29) is 28.3 Å². The van der Waals surface area contributed by atoms with E-state index in [4.69, 9.17) is 9.29 Å². The minimum absolute atomic E-state index is 0.0142. The van der Waals surface area contributed by atoms with Gasteiger partial charge in [-0.3, -0.25) is 9.35 Å². The second-order valence-electron chi connectivity index (χ2n) is 6.25. The molecule has 1 saturated heterocycles. The molecule has 0 saturated carbocycles. The molecule has 1 heterocycles. The van der Waals surface area contributed by atoms with Gasteiger partial charge in [0.15, 0.2) is 0 Å². The van der Waals surface area contributed by atoms with Gasteiger partial charge in [0.05, 0.1) is 11.5 Å². The molecule has 0 atom stereocenters. The fourth-order valence-electron chi connectivity index (χ4n) is 2.73. The molecular formula is C18H22N4O6S. The van der Waals surface area contributed by atoms with Gasteiger partial charge in [-0.1, -0.05) is 6.07 Å². The maximum absolute atomic E-state index is 12.3. The number of piperidine rings is 1. The summed E-state index contributed by atoms with van der Waals surface area (Å²) in [5, 5.41) is 14.7. The van der Waals surface area contributed by atoms with Crippen LogP contribution in [0.25, 0.3) is 0 Å². The van der Waals surface area contributed by atoms with E-state index < -0.39 is 16.0 Å². The maximum Gasteiger partial charge on any atom is 0.409 e. The monoisotopic (exact) mass is 422 g/mol. The molecule has 1 aliphatic heterocycles. The summed E-state index contributed by atoms with van der Waals surface area (Å²) < 4.78 is 36.4. The third-order valence-electron chi connectivity index (χ3n) is 4.24. The fourth-order valence-corrected chi connectivity index (χ4v) is 3.25. The first kappa shape index (κ1) is 22.2. The van der Waals surface area contributed by atoms with Crippen LogP contribution in [0.1, 0.15) is 19.8 Å². The molecule has 0 radical (unpaired) electrons. The van der Waals surface area contributed by atoms with Crippen LogP contribution in [-0.2, 0) is 19.6 Å². The van der Waals surface area contributed by atoms with Crippen LogP contribution in [-0.4, -0.2) is 55.6 Å². The number of likely N-dealkylation sites (tertiary alicyclic amines) is 1. The number of hydrogen-bond acceptors (Lipinski definition) is 7. The first-order chi connectivity index (χ1) is 13.7. The lowest BCUT2D eigenvalue weighted by atomic mass is 10.1. The van der Waals surface area contributed by atoms with E-state index >= 15 is 0 Å². The minimum atomic E-state index is -4.41. The van der Waals surface area contributed by atoms with Crippen molar-refractivity contribution >= 4 is 27.8 Å². The Kier molecular flexibility index (Phi) is 7.58. The molecule has 11 heteroatoms. The van der Waals surface area contributed by atoms with Gasteiger partial charge in [-0.25, -0.2) is 4.79 Å². The fraction of sp³-hybridized carbons (Fsp3) is 0.389. The molecule has 0 spiro atoms. The van der Waals surface area contributed by atoms with Crippen molar-refractivity contribution in [3.05, 3.63) is 36.0 Å². The van der Waals surface area contributed by atoms with Crippen molar-refractivity contribution in [3.8, 4) is 6.07 Å². The lowest BCUT2D eigenvalue weighted by Gasteiger charge is -2.31. The van der Waals surface area contributed by atoms with E-state index in [1.807, 2.05) is 0 Å². The number of benzene rings is 1. The molecule has 0 aromatic heterocycles. The minimum Gasteiger partial charge on any atom is -0.450 e. The first-order valence-electron chi connectivity index (χ1n) is 8.91. The summed E-state index contributed by atoms with van der Waals surface area (Å²) in [4.78, 5) is 25.2. The number of anilines is 1. The molecule has 1 aromatic rings. The van der Waals surface area contributed by atoms with Crippen molar-refractivity contribution in [2.45, 2.75) is 30.7 Å². The van der Waals surface area contributed by atoms with Crippen LogP contribution in [0.5, 0.6) is 0 Å². The second kappa shape index (κ2) is 9.90. The molecule has 2 rings (SSSR count). The number of nitriles is 1. The molecule has 29 heavy (non-hydrogen) atoms. The van der Waals surface area contributed by atoms with Gasteiger partial charge in [0.1, 0.15) is 11.6 Å². The average Bonchev–Trinajstić information content (AvgIpc) is 2.68. The molecule has 0 aliphatic carbocycles. The Morgan fingerprint density at radius 3 is 2.66 bits per heavy atom. The van der Waals surface area contributed by atoms with Crippen LogP contribution in [0.15, 0.2) is 40.9 Å². The van der Waals surface area contributed by atoms with Crippen LogP contribution in [0.4, 0.5) is 10.5 Å². The van der Waals surface area contributed by atoms with E-state index in [2.05, 4.69) is 10.6 Å². The summed E-state index contributed by atoms with van der Waals surface area (Å²) in [5.41, 5.74) is -0.0795.